The smallest absolute Gasteiger partial charge is 0.242 e. The van der Waals surface area contributed by atoms with Gasteiger partial charge in [0.1, 0.15) is 6.54 Å². The number of carbonyl (C=O) groups is 2. The van der Waals surface area contributed by atoms with Gasteiger partial charge in [-0.25, -0.2) is 0 Å². The fourth-order valence-electron chi connectivity index (χ4n) is 5.27. The van der Waals surface area contributed by atoms with Gasteiger partial charge in [0.05, 0.1) is 6.54 Å². The minimum atomic E-state index is -0.0565. The predicted octanol–water partition coefficient (Wildman–Crippen LogP) is 6.11. The Morgan fingerprint density at radius 1 is 0.795 bits per heavy atom. The molecule has 1 heterocycles. The second-order valence-electron chi connectivity index (χ2n) is 10.8. The summed E-state index contributed by atoms with van der Waals surface area (Å²) >= 11 is 0. The highest BCUT2D eigenvalue weighted by Gasteiger charge is 2.46. The Hall–Kier alpha value is -4.12. The van der Waals surface area contributed by atoms with E-state index in [4.69, 9.17) is 0 Å². The van der Waals surface area contributed by atoms with Gasteiger partial charge in [-0.2, -0.15) is 0 Å². The summed E-state index contributed by atoms with van der Waals surface area (Å²) in [5, 5.41) is 0. The zero-order valence-corrected chi connectivity index (χ0v) is 22.8. The van der Waals surface area contributed by atoms with Crippen LogP contribution in [0.5, 0.6) is 0 Å². The van der Waals surface area contributed by atoms with Crippen LogP contribution in [-0.4, -0.2) is 38.8 Å². The Bertz CT molecular complexity index is 1370. The van der Waals surface area contributed by atoms with Crippen LogP contribution >= 0.6 is 0 Å². The van der Waals surface area contributed by atoms with Gasteiger partial charge in [0.25, 0.3) is 0 Å². The van der Waals surface area contributed by atoms with Gasteiger partial charge in [0.2, 0.25) is 11.8 Å². The van der Waals surface area contributed by atoms with Crippen molar-refractivity contribution in [3.8, 4) is 0 Å². The minimum Gasteiger partial charge on any atom is -0.345 e. The standard InChI is InChI=1S/C34H37N3O2/c1-26(2)37(34(39)32-21-31(32)29-17-10-5-11-18-29)25-33(38)36(23-28-15-8-4-9-16-28)24-30-19-12-20-35(30)22-27-13-6-3-7-14-27/h3-20,26,31-32H,21-25H2,1-2H3. The third-order valence-corrected chi connectivity index (χ3v) is 7.59. The van der Waals surface area contributed by atoms with Gasteiger partial charge in [-0.3, -0.25) is 9.59 Å². The molecule has 200 valence electrons. The van der Waals surface area contributed by atoms with Crippen LogP contribution in [0.3, 0.4) is 0 Å². The van der Waals surface area contributed by atoms with Crippen LogP contribution in [0.4, 0.5) is 0 Å². The maximum Gasteiger partial charge on any atom is 0.242 e. The maximum atomic E-state index is 13.9. The molecule has 1 aliphatic carbocycles. The number of amides is 2. The predicted molar refractivity (Wildman–Crippen MR) is 155 cm³/mol. The van der Waals surface area contributed by atoms with E-state index in [2.05, 4.69) is 41.1 Å². The number of aromatic nitrogens is 1. The van der Waals surface area contributed by atoms with E-state index < -0.39 is 0 Å². The molecule has 1 saturated carbocycles. The van der Waals surface area contributed by atoms with Crippen molar-refractivity contribution in [2.24, 2.45) is 5.92 Å². The molecule has 2 amide bonds. The first-order valence-electron chi connectivity index (χ1n) is 13.8. The van der Waals surface area contributed by atoms with Crippen molar-refractivity contribution in [3.05, 3.63) is 132 Å². The molecule has 5 heteroatoms. The fourth-order valence-corrected chi connectivity index (χ4v) is 5.27. The van der Waals surface area contributed by atoms with E-state index in [0.29, 0.717) is 13.1 Å². The average molecular weight is 520 g/mol. The summed E-state index contributed by atoms with van der Waals surface area (Å²) in [5.41, 5.74) is 4.55. The molecule has 0 radical (unpaired) electrons. The van der Waals surface area contributed by atoms with Crippen molar-refractivity contribution in [2.75, 3.05) is 6.54 Å². The van der Waals surface area contributed by atoms with Crippen molar-refractivity contribution in [3.63, 3.8) is 0 Å². The highest BCUT2D eigenvalue weighted by atomic mass is 16.2. The van der Waals surface area contributed by atoms with E-state index in [1.807, 2.05) is 91.5 Å². The number of rotatable bonds is 11. The normalized spacial score (nSPS) is 16.2. The lowest BCUT2D eigenvalue weighted by molar-refractivity contribution is -0.143. The summed E-state index contributed by atoms with van der Waals surface area (Å²) in [6.45, 7) is 5.79. The molecule has 5 rings (SSSR count). The summed E-state index contributed by atoms with van der Waals surface area (Å²) in [6, 6.07) is 34.7. The Morgan fingerprint density at radius 2 is 1.41 bits per heavy atom. The van der Waals surface area contributed by atoms with Crippen LogP contribution < -0.4 is 0 Å². The van der Waals surface area contributed by atoms with Crippen LogP contribution in [0, 0.1) is 5.92 Å². The maximum absolute atomic E-state index is 13.9. The van der Waals surface area contributed by atoms with Gasteiger partial charge in [-0.1, -0.05) is 91.0 Å². The molecular formula is C34H37N3O2. The molecular weight excluding hydrogens is 482 g/mol. The summed E-state index contributed by atoms with van der Waals surface area (Å²) in [4.78, 5) is 31.1. The van der Waals surface area contributed by atoms with Gasteiger partial charge >= 0.3 is 0 Å². The van der Waals surface area contributed by atoms with Crippen LogP contribution in [0.2, 0.25) is 0 Å². The highest BCUT2D eigenvalue weighted by molar-refractivity contribution is 5.88. The van der Waals surface area contributed by atoms with E-state index in [9.17, 15) is 9.59 Å². The number of hydrogen-bond donors (Lipinski definition) is 0. The Morgan fingerprint density at radius 3 is 2.05 bits per heavy atom. The van der Waals surface area contributed by atoms with Crippen molar-refractivity contribution in [1.29, 1.82) is 0 Å². The third-order valence-electron chi connectivity index (χ3n) is 7.59. The molecule has 1 aromatic heterocycles. The molecule has 0 aliphatic heterocycles. The van der Waals surface area contributed by atoms with Crippen molar-refractivity contribution < 1.29 is 9.59 Å². The number of hydrogen-bond acceptors (Lipinski definition) is 2. The molecule has 1 aliphatic rings. The fraction of sp³-hybridized carbons (Fsp3) is 0.294. The lowest BCUT2D eigenvalue weighted by atomic mass is 10.1. The molecule has 4 aromatic rings. The van der Waals surface area contributed by atoms with E-state index >= 15 is 0 Å². The summed E-state index contributed by atoms with van der Waals surface area (Å²) < 4.78 is 2.20. The van der Waals surface area contributed by atoms with Crippen molar-refractivity contribution >= 4 is 11.8 Å². The van der Waals surface area contributed by atoms with Gasteiger partial charge in [-0.15, -0.1) is 0 Å². The van der Waals surface area contributed by atoms with Crippen LogP contribution in [0.15, 0.2) is 109 Å². The van der Waals surface area contributed by atoms with E-state index in [1.165, 1.54) is 11.1 Å². The molecule has 0 bridgehead atoms. The van der Waals surface area contributed by atoms with Crippen molar-refractivity contribution in [2.45, 2.75) is 51.9 Å². The van der Waals surface area contributed by atoms with E-state index in [0.717, 1.165) is 24.2 Å². The number of carbonyl (C=O) groups excluding carboxylic acids is 2. The average Bonchev–Trinajstić information content (AvgIpc) is 3.66. The SMILES string of the molecule is CC(C)N(CC(=O)N(Cc1ccccc1)Cc1cccn1Cc1ccccc1)C(=O)C1CC1c1ccccc1. The summed E-state index contributed by atoms with van der Waals surface area (Å²) in [6.07, 6.45) is 2.91. The monoisotopic (exact) mass is 519 g/mol. The summed E-state index contributed by atoms with van der Waals surface area (Å²) in [7, 11) is 0. The van der Waals surface area contributed by atoms with E-state index in [-0.39, 0.29) is 36.2 Å². The number of nitrogens with zero attached hydrogens (tertiary/aromatic N) is 3. The molecule has 3 aromatic carbocycles. The molecule has 0 spiro atoms. The lowest BCUT2D eigenvalue weighted by Crippen LogP contribution is -2.46. The van der Waals surface area contributed by atoms with Gasteiger partial charge < -0.3 is 14.4 Å². The molecule has 1 fully saturated rings. The first kappa shape index (κ1) is 26.5. The topological polar surface area (TPSA) is 45.6 Å². The van der Waals surface area contributed by atoms with Crippen LogP contribution in [-0.2, 0) is 29.2 Å². The second kappa shape index (κ2) is 12.2. The number of benzene rings is 3. The van der Waals surface area contributed by atoms with Crippen LogP contribution in [0.25, 0.3) is 0 Å². The summed E-state index contributed by atoms with van der Waals surface area (Å²) in [5.74, 6) is 0.245. The molecule has 39 heavy (non-hydrogen) atoms. The van der Waals surface area contributed by atoms with Crippen LogP contribution in [0.1, 0.15) is 48.6 Å². The largest absolute Gasteiger partial charge is 0.345 e. The van der Waals surface area contributed by atoms with Gasteiger partial charge in [0.15, 0.2) is 0 Å². The van der Waals surface area contributed by atoms with Gasteiger partial charge in [-0.05, 0) is 55.0 Å². The first-order valence-corrected chi connectivity index (χ1v) is 13.8. The Balaban J connectivity index is 1.32. The lowest BCUT2D eigenvalue weighted by Gasteiger charge is -2.31. The molecule has 5 nitrogen and oxygen atoms in total. The quantitative estimate of drug-likeness (QED) is 0.240. The molecule has 0 N–H and O–H groups in total. The molecule has 2 atom stereocenters. The van der Waals surface area contributed by atoms with Gasteiger partial charge in [0, 0.05) is 36.9 Å². The second-order valence-corrected chi connectivity index (χ2v) is 10.8. The molecule has 0 saturated heterocycles. The molecule has 2 unspecified atom stereocenters. The third kappa shape index (κ3) is 6.66. The highest BCUT2D eigenvalue weighted by Crippen LogP contribution is 2.48. The minimum absolute atomic E-state index is 0.0368. The van der Waals surface area contributed by atoms with Crippen molar-refractivity contribution in [1.82, 2.24) is 14.4 Å². The zero-order chi connectivity index (χ0) is 27.2. The Labute approximate surface area is 231 Å². The Kier molecular flexibility index (Phi) is 8.26. The van der Waals surface area contributed by atoms with E-state index in [1.54, 1.807) is 4.90 Å². The first-order chi connectivity index (χ1) is 19.0. The zero-order valence-electron chi connectivity index (χ0n) is 22.8.